The number of nitriles is 1. The van der Waals surface area contributed by atoms with Crippen molar-refractivity contribution in [1.82, 2.24) is 0 Å². The summed E-state index contributed by atoms with van der Waals surface area (Å²) in [5, 5.41) is 18.3. The first-order chi connectivity index (χ1) is 6.16. The molecule has 2 heteroatoms. The molecule has 1 aliphatic carbocycles. The number of hydrogen-bond donors (Lipinski definition) is 1. The minimum atomic E-state index is -0.288. The third-order valence-corrected chi connectivity index (χ3v) is 2.58. The Morgan fingerprint density at radius 2 is 2.08 bits per heavy atom. The molecule has 66 valence electrons. The van der Waals surface area contributed by atoms with Gasteiger partial charge < -0.3 is 5.11 Å². The molecule has 13 heavy (non-hydrogen) atoms. The zero-order valence-electron chi connectivity index (χ0n) is 7.54. The molecule has 1 aliphatic rings. The van der Waals surface area contributed by atoms with E-state index in [4.69, 9.17) is 5.26 Å². The van der Waals surface area contributed by atoms with Gasteiger partial charge in [-0.15, -0.1) is 0 Å². The van der Waals surface area contributed by atoms with Crippen LogP contribution in [0.4, 0.5) is 0 Å². The number of aromatic hydroxyl groups is 1. The van der Waals surface area contributed by atoms with E-state index >= 15 is 0 Å². The van der Waals surface area contributed by atoms with E-state index < -0.39 is 0 Å². The number of phenolic OH excluding ortho intramolecular Hbond substituents is 1. The van der Waals surface area contributed by atoms with E-state index in [1.807, 2.05) is 13.0 Å². The van der Waals surface area contributed by atoms with Gasteiger partial charge in [-0.3, -0.25) is 0 Å². The van der Waals surface area contributed by atoms with Gasteiger partial charge in [0.25, 0.3) is 0 Å². The van der Waals surface area contributed by atoms with E-state index in [1.165, 1.54) is 0 Å². The summed E-state index contributed by atoms with van der Waals surface area (Å²) in [5.74, 6) is 0.261. The van der Waals surface area contributed by atoms with Crippen LogP contribution in [-0.4, -0.2) is 5.11 Å². The van der Waals surface area contributed by atoms with Crippen molar-refractivity contribution in [3.05, 3.63) is 29.3 Å². The molecule has 0 saturated heterocycles. The summed E-state index contributed by atoms with van der Waals surface area (Å²) in [6.45, 7) is 1.93. The Labute approximate surface area is 77.4 Å². The van der Waals surface area contributed by atoms with Crippen LogP contribution in [0, 0.1) is 18.3 Å². The molecule has 0 amide bonds. The van der Waals surface area contributed by atoms with E-state index in [9.17, 15) is 5.11 Å². The first kappa shape index (κ1) is 8.12. The monoisotopic (exact) mass is 173 g/mol. The summed E-state index contributed by atoms with van der Waals surface area (Å²) in [7, 11) is 0. The number of rotatable bonds is 1. The molecule has 0 radical (unpaired) electrons. The first-order valence-corrected chi connectivity index (χ1v) is 4.39. The van der Waals surface area contributed by atoms with E-state index in [0.29, 0.717) is 0 Å². The lowest BCUT2D eigenvalue weighted by Crippen LogP contribution is -2.02. The molecule has 1 saturated carbocycles. The highest BCUT2D eigenvalue weighted by Gasteiger charge is 2.45. The number of aryl methyl sites for hydroxylation is 1. The molecule has 1 aromatic carbocycles. The fraction of sp³-hybridized carbons (Fsp3) is 0.364. The van der Waals surface area contributed by atoms with Crippen LogP contribution in [0.25, 0.3) is 0 Å². The molecule has 2 nitrogen and oxygen atoms in total. The van der Waals surface area contributed by atoms with Crippen molar-refractivity contribution in [3.63, 3.8) is 0 Å². The molecule has 1 fully saturated rings. The van der Waals surface area contributed by atoms with Crippen LogP contribution < -0.4 is 0 Å². The second-order valence-corrected chi connectivity index (χ2v) is 3.75. The van der Waals surface area contributed by atoms with Gasteiger partial charge >= 0.3 is 0 Å². The molecule has 0 aromatic heterocycles. The van der Waals surface area contributed by atoms with Crippen LogP contribution in [0.5, 0.6) is 5.75 Å². The molecule has 0 bridgehead atoms. The van der Waals surface area contributed by atoms with Gasteiger partial charge in [0.15, 0.2) is 0 Å². The van der Waals surface area contributed by atoms with Crippen LogP contribution in [-0.2, 0) is 5.41 Å². The zero-order valence-corrected chi connectivity index (χ0v) is 7.54. The fourth-order valence-electron chi connectivity index (χ4n) is 1.63. The third-order valence-electron chi connectivity index (χ3n) is 2.58. The average molecular weight is 173 g/mol. The van der Waals surface area contributed by atoms with Crippen molar-refractivity contribution < 1.29 is 5.11 Å². The van der Waals surface area contributed by atoms with Crippen LogP contribution in [0.15, 0.2) is 18.2 Å². The topological polar surface area (TPSA) is 44.0 Å². The normalized spacial score (nSPS) is 17.8. The maximum Gasteiger partial charge on any atom is 0.116 e. The maximum absolute atomic E-state index is 9.37. The van der Waals surface area contributed by atoms with Crippen molar-refractivity contribution in [2.45, 2.75) is 25.2 Å². The van der Waals surface area contributed by atoms with Crippen molar-refractivity contribution >= 4 is 0 Å². The highest BCUT2D eigenvalue weighted by Crippen LogP contribution is 2.48. The number of phenols is 1. The van der Waals surface area contributed by atoms with Crippen molar-refractivity contribution in [1.29, 1.82) is 5.26 Å². The van der Waals surface area contributed by atoms with Gasteiger partial charge in [0.1, 0.15) is 5.75 Å². The van der Waals surface area contributed by atoms with E-state index in [1.54, 1.807) is 12.1 Å². The summed E-state index contributed by atoms with van der Waals surface area (Å²) < 4.78 is 0. The number of nitrogens with zero attached hydrogens (tertiary/aromatic N) is 1. The lowest BCUT2D eigenvalue weighted by molar-refractivity contribution is 0.473. The Morgan fingerprint density at radius 1 is 1.38 bits per heavy atom. The molecule has 0 unspecified atom stereocenters. The van der Waals surface area contributed by atoms with Gasteiger partial charge in [-0.2, -0.15) is 5.26 Å². The summed E-state index contributed by atoms with van der Waals surface area (Å²) in [5.41, 5.74) is 1.69. The predicted molar refractivity (Wildman–Crippen MR) is 49.4 cm³/mol. The Bertz CT molecular complexity index is 365. The maximum atomic E-state index is 9.37. The second kappa shape index (κ2) is 2.50. The van der Waals surface area contributed by atoms with Crippen LogP contribution in [0.3, 0.4) is 0 Å². The molecule has 0 atom stereocenters. The van der Waals surface area contributed by atoms with E-state index in [0.717, 1.165) is 24.0 Å². The summed E-state index contributed by atoms with van der Waals surface area (Å²) in [6, 6.07) is 7.70. The number of benzene rings is 1. The van der Waals surface area contributed by atoms with Gasteiger partial charge in [0.05, 0.1) is 11.5 Å². The van der Waals surface area contributed by atoms with Crippen LogP contribution >= 0.6 is 0 Å². The van der Waals surface area contributed by atoms with Crippen molar-refractivity contribution in [3.8, 4) is 11.8 Å². The molecule has 0 aliphatic heterocycles. The highest BCUT2D eigenvalue weighted by molar-refractivity contribution is 5.44. The van der Waals surface area contributed by atoms with Gasteiger partial charge in [0.2, 0.25) is 0 Å². The Morgan fingerprint density at radius 3 is 2.54 bits per heavy atom. The summed E-state index contributed by atoms with van der Waals surface area (Å²) in [4.78, 5) is 0. The average Bonchev–Trinajstić information content (AvgIpc) is 2.82. The van der Waals surface area contributed by atoms with Crippen molar-refractivity contribution in [2.75, 3.05) is 0 Å². The Kier molecular flexibility index (Phi) is 1.56. The van der Waals surface area contributed by atoms with Gasteiger partial charge in [0, 0.05) is 0 Å². The summed E-state index contributed by atoms with van der Waals surface area (Å²) in [6.07, 6.45) is 1.85. The molecule has 0 spiro atoms. The molecular weight excluding hydrogens is 162 g/mol. The van der Waals surface area contributed by atoms with Gasteiger partial charge in [-0.05, 0) is 43.0 Å². The van der Waals surface area contributed by atoms with Gasteiger partial charge in [-0.25, -0.2) is 0 Å². The SMILES string of the molecule is Cc1cc(O)cc(C2(C#N)CC2)c1. The third kappa shape index (κ3) is 1.27. The highest BCUT2D eigenvalue weighted by atomic mass is 16.3. The van der Waals surface area contributed by atoms with E-state index in [-0.39, 0.29) is 11.2 Å². The molecule has 0 heterocycles. The minimum Gasteiger partial charge on any atom is -0.508 e. The first-order valence-electron chi connectivity index (χ1n) is 4.39. The number of hydrogen-bond acceptors (Lipinski definition) is 2. The summed E-state index contributed by atoms with van der Waals surface area (Å²) >= 11 is 0. The Hall–Kier alpha value is -1.49. The predicted octanol–water partition coefficient (Wildman–Crippen LogP) is 2.26. The van der Waals surface area contributed by atoms with Crippen molar-refractivity contribution in [2.24, 2.45) is 0 Å². The molecule has 1 aromatic rings. The fourth-order valence-corrected chi connectivity index (χ4v) is 1.63. The lowest BCUT2D eigenvalue weighted by Gasteiger charge is -2.07. The minimum absolute atomic E-state index is 0.261. The van der Waals surface area contributed by atoms with Crippen LogP contribution in [0.1, 0.15) is 24.0 Å². The van der Waals surface area contributed by atoms with Gasteiger partial charge in [-0.1, -0.05) is 6.07 Å². The quantitative estimate of drug-likeness (QED) is 0.707. The Balaban J connectivity index is 2.48. The molecule has 1 N–H and O–H groups in total. The zero-order chi connectivity index (χ0) is 9.47. The smallest absolute Gasteiger partial charge is 0.116 e. The molecule has 2 rings (SSSR count). The molecular formula is C11H11NO. The largest absolute Gasteiger partial charge is 0.508 e. The lowest BCUT2D eigenvalue weighted by atomic mass is 9.96. The standard InChI is InChI=1S/C11H11NO/c1-8-4-9(6-10(13)5-8)11(7-12)2-3-11/h4-6,13H,2-3H2,1H3. The van der Waals surface area contributed by atoms with E-state index in [2.05, 4.69) is 6.07 Å². The second-order valence-electron chi connectivity index (χ2n) is 3.75. The van der Waals surface area contributed by atoms with Crippen LogP contribution in [0.2, 0.25) is 0 Å².